The molecule has 0 radical (unpaired) electrons. The number of carbonyl (C=O) groups is 1. The predicted octanol–water partition coefficient (Wildman–Crippen LogP) is 2.45. The summed E-state index contributed by atoms with van der Waals surface area (Å²) >= 11 is 4.92. The minimum absolute atomic E-state index is 0.107. The highest BCUT2D eigenvalue weighted by Crippen LogP contribution is 2.22. The number of nitrogens with zero attached hydrogens (tertiary/aromatic N) is 1. The van der Waals surface area contributed by atoms with Gasteiger partial charge in [0.1, 0.15) is 5.60 Å². The van der Waals surface area contributed by atoms with Gasteiger partial charge < -0.3 is 15.4 Å². The Morgan fingerprint density at radius 3 is 2.65 bits per heavy atom. The summed E-state index contributed by atoms with van der Waals surface area (Å²) in [6.07, 6.45) is 3.43. The topological polar surface area (TPSA) is 55.6 Å². The summed E-state index contributed by atoms with van der Waals surface area (Å²) in [6, 6.07) is 0.107. The maximum absolute atomic E-state index is 12.0. The molecule has 4 nitrogen and oxygen atoms in total. The van der Waals surface area contributed by atoms with Crippen molar-refractivity contribution in [3.63, 3.8) is 0 Å². The van der Waals surface area contributed by atoms with Crippen molar-refractivity contribution in [2.24, 2.45) is 5.73 Å². The molecule has 1 rings (SSSR count). The molecule has 1 aliphatic heterocycles. The summed E-state index contributed by atoms with van der Waals surface area (Å²) < 4.78 is 5.39. The van der Waals surface area contributed by atoms with E-state index in [4.69, 9.17) is 22.7 Å². The van der Waals surface area contributed by atoms with Crippen LogP contribution in [-0.4, -0.2) is 34.2 Å². The van der Waals surface area contributed by atoms with Gasteiger partial charge in [0.2, 0.25) is 0 Å². The Bertz CT molecular complexity index is 299. The van der Waals surface area contributed by atoms with Crippen LogP contribution >= 0.6 is 12.2 Å². The van der Waals surface area contributed by atoms with Crippen LogP contribution < -0.4 is 5.73 Å². The number of amides is 1. The number of piperidine rings is 1. The van der Waals surface area contributed by atoms with E-state index >= 15 is 0 Å². The highest BCUT2D eigenvalue weighted by atomic mass is 32.1. The molecule has 1 saturated heterocycles. The fraction of sp³-hybridized carbons (Fsp3) is 0.833. The summed E-state index contributed by atoms with van der Waals surface area (Å²) in [5.74, 6) is 0. The average Bonchev–Trinajstić information content (AvgIpc) is 2.14. The molecule has 1 aliphatic rings. The van der Waals surface area contributed by atoms with Gasteiger partial charge in [0.25, 0.3) is 0 Å². The number of hydrogen-bond acceptors (Lipinski definition) is 3. The second-order valence-electron chi connectivity index (χ2n) is 5.49. The van der Waals surface area contributed by atoms with Crippen LogP contribution in [0, 0.1) is 0 Å². The van der Waals surface area contributed by atoms with Crippen LogP contribution in [-0.2, 0) is 4.74 Å². The Morgan fingerprint density at radius 2 is 2.12 bits per heavy atom. The van der Waals surface area contributed by atoms with Crippen LogP contribution in [0.25, 0.3) is 0 Å². The van der Waals surface area contributed by atoms with E-state index in [1.165, 1.54) is 0 Å². The minimum atomic E-state index is -0.456. The number of thiocarbonyl (C=S) groups is 1. The van der Waals surface area contributed by atoms with Crippen molar-refractivity contribution in [1.82, 2.24) is 4.90 Å². The fourth-order valence-corrected chi connectivity index (χ4v) is 2.20. The number of ether oxygens (including phenoxy) is 1. The van der Waals surface area contributed by atoms with Crippen molar-refractivity contribution in [3.05, 3.63) is 0 Å². The van der Waals surface area contributed by atoms with Crippen molar-refractivity contribution in [3.8, 4) is 0 Å². The minimum Gasteiger partial charge on any atom is -0.444 e. The van der Waals surface area contributed by atoms with Crippen LogP contribution in [0.5, 0.6) is 0 Å². The van der Waals surface area contributed by atoms with Gasteiger partial charge in [-0.2, -0.15) is 0 Å². The molecule has 1 amide bonds. The monoisotopic (exact) mass is 258 g/mol. The standard InChI is InChI=1S/C12H22N2O2S/c1-12(2,3)16-11(15)14-7-5-4-6-9(14)8-10(13)17/h9H,4-8H2,1-3H3,(H2,13,17). The third-order valence-electron chi connectivity index (χ3n) is 2.69. The number of rotatable bonds is 2. The van der Waals surface area contributed by atoms with Crippen LogP contribution in [0.15, 0.2) is 0 Å². The zero-order valence-electron chi connectivity index (χ0n) is 10.9. The summed E-state index contributed by atoms with van der Waals surface area (Å²) in [4.78, 5) is 14.3. The first-order valence-corrected chi connectivity index (χ1v) is 6.48. The van der Waals surface area contributed by atoms with Gasteiger partial charge in [0.05, 0.1) is 4.99 Å². The van der Waals surface area contributed by atoms with Gasteiger partial charge >= 0.3 is 6.09 Å². The normalized spacial score (nSPS) is 21.1. The molecule has 0 aliphatic carbocycles. The van der Waals surface area contributed by atoms with Gasteiger partial charge in [-0.05, 0) is 40.0 Å². The molecule has 5 heteroatoms. The zero-order valence-corrected chi connectivity index (χ0v) is 11.7. The molecular formula is C12H22N2O2S. The summed E-state index contributed by atoms with van der Waals surface area (Å²) in [5.41, 5.74) is 5.11. The van der Waals surface area contributed by atoms with Crippen LogP contribution in [0.2, 0.25) is 0 Å². The zero-order chi connectivity index (χ0) is 13.1. The Balaban J connectivity index is 2.64. The van der Waals surface area contributed by atoms with Crippen molar-refractivity contribution in [2.45, 2.75) is 58.1 Å². The lowest BCUT2D eigenvalue weighted by molar-refractivity contribution is 0.0108. The van der Waals surface area contributed by atoms with Crippen molar-refractivity contribution in [1.29, 1.82) is 0 Å². The largest absolute Gasteiger partial charge is 0.444 e. The van der Waals surface area contributed by atoms with Gasteiger partial charge in [-0.15, -0.1) is 0 Å². The third-order valence-corrected chi connectivity index (χ3v) is 2.86. The highest BCUT2D eigenvalue weighted by Gasteiger charge is 2.30. The van der Waals surface area contributed by atoms with E-state index in [0.717, 1.165) is 25.8 Å². The lowest BCUT2D eigenvalue weighted by atomic mass is 10.00. The van der Waals surface area contributed by atoms with Gasteiger partial charge in [-0.3, -0.25) is 0 Å². The molecule has 98 valence electrons. The second-order valence-corrected chi connectivity index (χ2v) is 6.02. The van der Waals surface area contributed by atoms with E-state index in [9.17, 15) is 4.79 Å². The van der Waals surface area contributed by atoms with E-state index in [2.05, 4.69) is 0 Å². The molecule has 0 aromatic heterocycles. The Kier molecular flexibility index (Phi) is 4.74. The van der Waals surface area contributed by atoms with Gasteiger partial charge in [-0.25, -0.2) is 4.79 Å². The molecule has 0 aromatic rings. The number of likely N-dealkylation sites (tertiary alicyclic amines) is 1. The van der Waals surface area contributed by atoms with Gasteiger partial charge in [-0.1, -0.05) is 12.2 Å². The first kappa shape index (κ1) is 14.2. The Hall–Kier alpha value is -0.840. The molecular weight excluding hydrogens is 236 g/mol. The molecule has 0 spiro atoms. The fourth-order valence-electron chi connectivity index (χ4n) is 2.01. The molecule has 0 aromatic carbocycles. The third kappa shape index (κ3) is 4.89. The van der Waals surface area contributed by atoms with Gasteiger partial charge in [0, 0.05) is 19.0 Å². The summed E-state index contributed by atoms with van der Waals surface area (Å²) in [7, 11) is 0. The van der Waals surface area contributed by atoms with E-state index in [0.29, 0.717) is 11.4 Å². The molecule has 1 unspecified atom stereocenters. The smallest absolute Gasteiger partial charge is 0.410 e. The van der Waals surface area contributed by atoms with Crippen LogP contribution in [0.4, 0.5) is 4.79 Å². The number of carbonyl (C=O) groups excluding carboxylic acids is 1. The molecule has 1 atom stereocenters. The number of hydrogen-bond donors (Lipinski definition) is 1. The predicted molar refractivity (Wildman–Crippen MR) is 72.0 cm³/mol. The maximum atomic E-state index is 12.0. The van der Waals surface area contributed by atoms with E-state index in [1.54, 1.807) is 4.90 Å². The number of nitrogens with two attached hydrogens (primary N) is 1. The molecule has 1 heterocycles. The molecule has 1 fully saturated rings. The first-order valence-electron chi connectivity index (χ1n) is 6.07. The van der Waals surface area contributed by atoms with E-state index in [1.807, 2.05) is 20.8 Å². The molecule has 0 bridgehead atoms. The maximum Gasteiger partial charge on any atom is 0.410 e. The Morgan fingerprint density at radius 1 is 1.47 bits per heavy atom. The van der Waals surface area contributed by atoms with Crippen molar-refractivity contribution >= 4 is 23.3 Å². The van der Waals surface area contributed by atoms with Crippen LogP contribution in [0.3, 0.4) is 0 Å². The molecule has 17 heavy (non-hydrogen) atoms. The molecule has 2 N–H and O–H groups in total. The van der Waals surface area contributed by atoms with Crippen LogP contribution in [0.1, 0.15) is 46.5 Å². The summed E-state index contributed by atoms with van der Waals surface area (Å²) in [5, 5.41) is 0. The first-order chi connectivity index (χ1) is 7.79. The van der Waals surface area contributed by atoms with E-state index < -0.39 is 5.60 Å². The quantitative estimate of drug-likeness (QED) is 0.773. The van der Waals surface area contributed by atoms with Crippen molar-refractivity contribution < 1.29 is 9.53 Å². The lowest BCUT2D eigenvalue weighted by Crippen LogP contribution is -2.47. The van der Waals surface area contributed by atoms with Gasteiger partial charge in [0.15, 0.2) is 0 Å². The molecule has 0 saturated carbocycles. The summed E-state index contributed by atoms with van der Waals surface area (Å²) in [6.45, 7) is 6.36. The average molecular weight is 258 g/mol. The van der Waals surface area contributed by atoms with Crippen molar-refractivity contribution in [2.75, 3.05) is 6.54 Å². The highest BCUT2D eigenvalue weighted by molar-refractivity contribution is 7.80. The second kappa shape index (κ2) is 5.67. The SMILES string of the molecule is CC(C)(C)OC(=O)N1CCCCC1CC(N)=S. The Labute approximate surface area is 108 Å². The van der Waals surface area contributed by atoms with E-state index in [-0.39, 0.29) is 12.1 Å². The lowest BCUT2D eigenvalue weighted by Gasteiger charge is -2.36.